The monoisotopic (exact) mass is 421 g/mol. The Morgan fingerprint density at radius 2 is 1.66 bits per heavy atom. The SMILES string of the molecule is O=C(Nc1ccc(Oc2ccccc2)cc1)c1csc(Nc2cccc(Cl)c2)n1. The van der Waals surface area contributed by atoms with E-state index >= 15 is 0 Å². The molecule has 7 heteroatoms. The van der Waals surface area contributed by atoms with E-state index in [1.807, 2.05) is 42.5 Å². The fourth-order valence-electron chi connectivity index (χ4n) is 2.55. The number of carbonyl (C=O) groups excluding carboxylic acids is 1. The molecule has 0 aliphatic rings. The van der Waals surface area contributed by atoms with E-state index in [0.717, 1.165) is 11.4 Å². The molecule has 3 aromatic carbocycles. The molecule has 0 bridgehead atoms. The molecule has 0 fully saturated rings. The van der Waals surface area contributed by atoms with Crippen molar-refractivity contribution in [3.8, 4) is 11.5 Å². The molecule has 0 spiro atoms. The first-order valence-electron chi connectivity index (χ1n) is 8.78. The molecule has 0 aliphatic heterocycles. The van der Waals surface area contributed by atoms with E-state index < -0.39 is 0 Å². The molecule has 0 atom stereocenters. The molecule has 0 saturated carbocycles. The summed E-state index contributed by atoms with van der Waals surface area (Å²) >= 11 is 7.33. The van der Waals surface area contributed by atoms with Crippen molar-refractivity contribution in [2.75, 3.05) is 10.6 Å². The van der Waals surface area contributed by atoms with Gasteiger partial charge < -0.3 is 15.4 Å². The number of ether oxygens (including phenoxy) is 1. The van der Waals surface area contributed by atoms with E-state index in [9.17, 15) is 4.79 Å². The van der Waals surface area contributed by atoms with Gasteiger partial charge in [-0.25, -0.2) is 4.98 Å². The van der Waals surface area contributed by atoms with Crippen LogP contribution < -0.4 is 15.4 Å². The van der Waals surface area contributed by atoms with E-state index in [0.29, 0.717) is 27.3 Å². The van der Waals surface area contributed by atoms with Gasteiger partial charge >= 0.3 is 0 Å². The van der Waals surface area contributed by atoms with Crippen LogP contribution in [0, 0.1) is 0 Å². The largest absolute Gasteiger partial charge is 0.457 e. The van der Waals surface area contributed by atoms with Crippen molar-refractivity contribution in [2.45, 2.75) is 0 Å². The van der Waals surface area contributed by atoms with Crippen LogP contribution in [0.1, 0.15) is 10.5 Å². The number of aromatic nitrogens is 1. The van der Waals surface area contributed by atoms with Crippen molar-refractivity contribution in [3.05, 3.63) is 95.0 Å². The summed E-state index contributed by atoms with van der Waals surface area (Å²) < 4.78 is 5.75. The number of amides is 1. The Morgan fingerprint density at radius 3 is 2.41 bits per heavy atom. The fourth-order valence-corrected chi connectivity index (χ4v) is 3.45. The zero-order chi connectivity index (χ0) is 20.1. The first-order chi connectivity index (χ1) is 14.2. The van der Waals surface area contributed by atoms with Gasteiger partial charge in [0, 0.05) is 21.8 Å². The molecule has 29 heavy (non-hydrogen) atoms. The number of thiazole rings is 1. The number of nitrogens with one attached hydrogen (secondary N) is 2. The van der Waals surface area contributed by atoms with Crippen LogP contribution in [0.25, 0.3) is 0 Å². The number of carbonyl (C=O) groups is 1. The molecule has 0 aliphatic carbocycles. The Morgan fingerprint density at radius 1 is 0.897 bits per heavy atom. The minimum absolute atomic E-state index is 0.280. The molecule has 4 aromatic rings. The highest BCUT2D eigenvalue weighted by Gasteiger charge is 2.11. The molecule has 0 unspecified atom stereocenters. The van der Waals surface area contributed by atoms with Gasteiger partial charge in [0.1, 0.15) is 17.2 Å². The third-order valence-corrected chi connectivity index (χ3v) is 4.90. The van der Waals surface area contributed by atoms with Crippen LogP contribution in [0.15, 0.2) is 84.2 Å². The molecule has 0 saturated heterocycles. The second-order valence-corrected chi connectivity index (χ2v) is 7.36. The van der Waals surface area contributed by atoms with E-state index in [1.165, 1.54) is 11.3 Å². The summed E-state index contributed by atoms with van der Waals surface area (Å²) in [5, 5.41) is 8.92. The number of rotatable bonds is 6. The van der Waals surface area contributed by atoms with Gasteiger partial charge in [0.2, 0.25) is 0 Å². The number of anilines is 3. The quantitative estimate of drug-likeness (QED) is 0.369. The van der Waals surface area contributed by atoms with Crippen LogP contribution in [-0.4, -0.2) is 10.9 Å². The predicted octanol–water partition coefficient (Wildman–Crippen LogP) is 6.58. The van der Waals surface area contributed by atoms with Crippen LogP contribution in [0.3, 0.4) is 0 Å². The lowest BCUT2D eigenvalue weighted by atomic mass is 10.3. The van der Waals surface area contributed by atoms with Crippen LogP contribution in [-0.2, 0) is 0 Å². The van der Waals surface area contributed by atoms with Crippen LogP contribution in [0.2, 0.25) is 5.02 Å². The molecule has 1 amide bonds. The second kappa shape index (κ2) is 8.77. The fraction of sp³-hybridized carbons (Fsp3) is 0. The van der Waals surface area contributed by atoms with Crippen LogP contribution >= 0.6 is 22.9 Å². The molecule has 4 rings (SSSR count). The Hall–Kier alpha value is -3.35. The molecule has 2 N–H and O–H groups in total. The highest BCUT2D eigenvalue weighted by atomic mass is 35.5. The van der Waals surface area contributed by atoms with Crippen LogP contribution in [0.4, 0.5) is 16.5 Å². The van der Waals surface area contributed by atoms with E-state index in [4.69, 9.17) is 16.3 Å². The minimum atomic E-state index is -0.280. The van der Waals surface area contributed by atoms with Gasteiger partial charge in [-0.1, -0.05) is 35.9 Å². The highest BCUT2D eigenvalue weighted by Crippen LogP contribution is 2.25. The van der Waals surface area contributed by atoms with Crippen molar-refractivity contribution < 1.29 is 9.53 Å². The number of hydrogen-bond donors (Lipinski definition) is 2. The molecular weight excluding hydrogens is 406 g/mol. The second-order valence-electron chi connectivity index (χ2n) is 6.07. The van der Waals surface area contributed by atoms with Gasteiger partial charge in [-0.2, -0.15) is 0 Å². The third-order valence-electron chi connectivity index (χ3n) is 3.90. The summed E-state index contributed by atoms with van der Waals surface area (Å²) in [5.74, 6) is 1.17. The minimum Gasteiger partial charge on any atom is -0.457 e. The predicted molar refractivity (Wildman–Crippen MR) is 118 cm³/mol. The molecule has 0 radical (unpaired) electrons. The van der Waals surface area contributed by atoms with Gasteiger partial charge in [0.05, 0.1) is 0 Å². The number of halogens is 1. The van der Waals surface area contributed by atoms with Crippen molar-refractivity contribution in [1.29, 1.82) is 0 Å². The van der Waals surface area contributed by atoms with Crippen molar-refractivity contribution in [3.63, 3.8) is 0 Å². The normalized spacial score (nSPS) is 10.4. The molecular formula is C22H16ClN3O2S. The smallest absolute Gasteiger partial charge is 0.275 e. The average Bonchev–Trinajstić information content (AvgIpc) is 3.19. The average molecular weight is 422 g/mol. The third kappa shape index (κ3) is 5.13. The highest BCUT2D eigenvalue weighted by molar-refractivity contribution is 7.14. The van der Waals surface area contributed by atoms with Gasteiger partial charge in [-0.05, 0) is 54.6 Å². The zero-order valence-electron chi connectivity index (χ0n) is 15.1. The number of benzene rings is 3. The molecule has 5 nitrogen and oxygen atoms in total. The Kier molecular flexibility index (Phi) is 5.74. The van der Waals surface area contributed by atoms with Crippen LogP contribution in [0.5, 0.6) is 11.5 Å². The standard InChI is InChI=1S/C22H16ClN3O2S/c23-15-5-4-6-17(13-15)25-22-26-20(14-29-22)21(27)24-16-9-11-19(12-10-16)28-18-7-2-1-3-8-18/h1-14H,(H,24,27)(H,25,26). The maximum atomic E-state index is 12.5. The van der Waals surface area contributed by atoms with Gasteiger partial charge in [0.15, 0.2) is 5.13 Å². The maximum Gasteiger partial charge on any atom is 0.275 e. The van der Waals surface area contributed by atoms with E-state index in [2.05, 4.69) is 15.6 Å². The van der Waals surface area contributed by atoms with E-state index in [-0.39, 0.29) is 5.91 Å². The lowest BCUT2D eigenvalue weighted by Gasteiger charge is -2.07. The van der Waals surface area contributed by atoms with Crippen molar-refractivity contribution in [2.24, 2.45) is 0 Å². The summed E-state index contributed by atoms with van der Waals surface area (Å²) in [7, 11) is 0. The summed E-state index contributed by atoms with van der Waals surface area (Å²) in [6.07, 6.45) is 0. The molecule has 1 heterocycles. The van der Waals surface area contributed by atoms with E-state index in [1.54, 1.807) is 41.8 Å². The Balaban J connectivity index is 1.37. The number of para-hydroxylation sites is 1. The number of hydrogen-bond acceptors (Lipinski definition) is 5. The van der Waals surface area contributed by atoms with Gasteiger partial charge in [0.25, 0.3) is 5.91 Å². The van der Waals surface area contributed by atoms with Crippen molar-refractivity contribution in [1.82, 2.24) is 4.98 Å². The lowest BCUT2D eigenvalue weighted by molar-refractivity contribution is 0.102. The Labute approximate surface area is 177 Å². The van der Waals surface area contributed by atoms with Gasteiger partial charge in [-0.3, -0.25) is 4.79 Å². The lowest BCUT2D eigenvalue weighted by Crippen LogP contribution is -2.12. The molecule has 144 valence electrons. The molecule has 1 aromatic heterocycles. The first kappa shape index (κ1) is 19.0. The summed E-state index contributed by atoms with van der Waals surface area (Å²) in [6, 6.07) is 24.0. The summed E-state index contributed by atoms with van der Waals surface area (Å²) in [4.78, 5) is 16.8. The Bertz CT molecular complexity index is 1110. The maximum absolute atomic E-state index is 12.5. The number of nitrogens with zero attached hydrogens (tertiary/aromatic N) is 1. The summed E-state index contributed by atoms with van der Waals surface area (Å²) in [5.41, 5.74) is 1.81. The summed E-state index contributed by atoms with van der Waals surface area (Å²) in [6.45, 7) is 0. The van der Waals surface area contributed by atoms with Gasteiger partial charge in [-0.15, -0.1) is 11.3 Å². The first-order valence-corrected chi connectivity index (χ1v) is 10.0. The zero-order valence-corrected chi connectivity index (χ0v) is 16.7. The van der Waals surface area contributed by atoms with Crippen molar-refractivity contribution >= 4 is 45.4 Å². The topological polar surface area (TPSA) is 63.2 Å².